The highest BCUT2D eigenvalue weighted by Crippen LogP contribution is 2.29. The molecule has 7 heteroatoms. The lowest BCUT2D eigenvalue weighted by atomic mass is 10.1. The third kappa shape index (κ3) is 3.78. The Bertz CT molecular complexity index is 572. The molecule has 1 aliphatic heterocycles. The molecule has 1 unspecified atom stereocenters. The Balaban J connectivity index is 2.13. The first-order valence-corrected chi connectivity index (χ1v) is 7.02. The second-order valence-corrected chi connectivity index (χ2v) is 5.36. The summed E-state index contributed by atoms with van der Waals surface area (Å²) in [7, 11) is 1.65. The van der Waals surface area contributed by atoms with Crippen LogP contribution in [0.15, 0.2) is 24.3 Å². The summed E-state index contributed by atoms with van der Waals surface area (Å²) in [6.07, 6.45) is -2.38. The highest BCUT2D eigenvalue weighted by atomic mass is 19.4. The van der Waals surface area contributed by atoms with Crippen molar-refractivity contribution in [2.24, 2.45) is 0 Å². The lowest BCUT2D eigenvalue weighted by Gasteiger charge is -2.21. The Morgan fingerprint density at radius 3 is 2.73 bits per heavy atom. The largest absolute Gasteiger partial charge is 0.416 e. The van der Waals surface area contributed by atoms with Gasteiger partial charge < -0.3 is 10.2 Å². The first-order valence-electron chi connectivity index (χ1n) is 7.02. The van der Waals surface area contributed by atoms with E-state index in [0.717, 1.165) is 25.0 Å². The molecule has 0 aromatic heterocycles. The summed E-state index contributed by atoms with van der Waals surface area (Å²) >= 11 is 0. The van der Waals surface area contributed by atoms with Crippen molar-refractivity contribution in [3.8, 4) is 0 Å². The minimum atomic E-state index is -4.51. The number of halogens is 3. The molecule has 2 amide bonds. The molecule has 1 aromatic carbocycles. The molecule has 0 saturated carbocycles. The maximum absolute atomic E-state index is 12.7. The summed E-state index contributed by atoms with van der Waals surface area (Å²) < 4.78 is 38.0. The zero-order chi connectivity index (χ0) is 16.3. The number of likely N-dealkylation sites (N-methyl/N-ethyl adjacent to an activating group) is 1. The van der Waals surface area contributed by atoms with E-state index in [9.17, 15) is 22.8 Å². The van der Waals surface area contributed by atoms with Gasteiger partial charge in [-0.05, 0) is 37.5 Å². The number of amides is 2. The minimum Gasteiger partial charge on any atom is -0.344 e. The molecule has 0 bridgehead atoms. The van der Waals surface area contributed by atoms with E-state index in [1.165, 1.54) is 17.0 Å². The molecule has 22 heavy (non-hydrogen) atoms. The SMILES string of the molecule is CN1CCCCC(NC(=O)c2cccc(C(F)(F)F)c2)C1=O. The maximum Gasteiger partial charge on any atom is 0.416 e. The summed E-state index contributed by atoms with van der Waals surface area (Å²) in [6, 6.07) is 3.49. The number of carbonyl (C=O) groups excluding carboxylic acids is 2. The van der Waals surface area contributed by atoms with Gasteiger partial charge in [-0.1, -0.05) is 6.07 Å². The van der Waals surface area contributed by atoms with Gasteiger partial charge >= 0.3 is 6.18 Å². The monoisotopic (exact) mass is 314 g/mol. The number of nitrogens with zero attached hydrogens (tertiary/aromatic N) is 1. The van der Waals surface area contributed by atoms with Crippen molar-refractivity contribution in [3.05, 3.63) is 35.4 Å². The molecule has 1 fully saturated rings. The molecule has 1 atom stereocenters. The Hall–Kier alpha value is -2.05. The summed E-state index contributed by atoms with van der Waals surface area (Å²) in [5, 5.41) is 2.54. The van der Waals surface area contributed by atoms with E-state index >= 15 is 0 Å². The summed E-state index contributed by atoms with van der Waals surface area (Å²) in [5.74, 6) is -0.877. The van der Waals surface area contributed by atoms with Gasteiger partial charge in [0.25, 0.3) is 5.91 Å². The summed E-state index contributed by atoms with van der Waals surface area (Å²) in [6.45, 7) is 0.620. The topological polar surface area (TPSA) is 49.4 Å². The fraction of sp³-hybridized carbons (Fsp3) is 0.467. The summed E-state index contributed by atoms with van der Waals surface area (Å²) in [4.78, 5) is 25.7. The van der Waals surface area contributed by atoms with E-state index in [4.69, 9.17) is 0 Å². The van der Waals surface area contributed by atoms with Crippen LogP contribution in [0, 0.1) is 0 Å². The number of benzene rings is 1. The molecule has 1 heterocycles. The van der Waals surface area contributed by atoms with Gasteiger partial charge in [-0.3, -0.25) is 9.59 Å². The average Bonchev–Trinajstić information content (AvgIpc) is 2.62. The zero-order valence-corrected chi connectivity index (χ0v) is 12.1. The molecule has 0 spiro atoms. The Morgan fingerprint density at radius 2 is 2.05 bits per heavy atom. The fourth-order valence-electron chi connectivity index (χ4n) is 2.41. The minimum absolute atomic E-state index is 0.102. The molecular formula is C15H17F3N2O2. The molecular weight excluding hydrogens is 297 g/mol. The predicted octanol–water partition coefficient (Wildman–Crippen LogP) is 2.45. The van der Waals surface area contributed by atoms with Gasteiger partial charge in [-0.25, -0.2) is 0 Å². The van der Waals surface area contributed by atoms with Crippen LogP contribution in [0.3, 0.4) is 0 Å². The van der Waals surface area contributed by atoms with E-state index in [1.807, 2.05) is 0 Å². The fourth-order valence-corrected chi connectivity index (χ4v) is 2.41. The second kappa shape index (κ2) is 6.37. The van der Waals surface area contributed by atoms with Crippen LogP contribution < -0.4 is 5.32 Å². The quantitative estimate of drug-likeness (QED) is 0.911. The number of carbonyl (C=O) groups is 2. The lowest BCUT2D eigenvalue weighted by molar-refractivity contribution is -0.137. The van der Waals surface area contributed by atoms with Crippen molar-refractivity contribution >= 4 is 11.8 Å². The van der Waals surface area contributed by atoms with E-state index in [0.29, 0.717) is 13.0 Å². The molecule has 120 valence electrons. The van der Waals surface area contributed by atoms with E-state index < -0.39 is 23.7 Å². The Morgan fingerprint density at radius 1 is 1.32 bits per heavy atom. The van der Waals surface area contributed by atoms with Crippen LogP contribution in [0.1, 0.15) is 35.2 Å². The van der Waals surface area contributed by atoms with Crippen LogP contribution in [0.2, 0.25) is 0 Å². The molecule has 0 aliphatic carbocycles. The van der Waals surface area contributed by atoms with Crippen molar-refractivity contribution in [2.75, 3.05) is 13.6 Å². The molecule has 2 rings (SSSR count). The third-order valence-electron chi connectivity index (χ3n) is 3.67. The number of rotatable bonds is 2. The van der Waals surface area contributed by atoms with Crippen LogP contribution in [0.5, 0.6) is 0 Å². The van der Waals surface area contributed by atoms with Gasteiger partial charge in [-0.15, -0.1) is 0 Å². The number of nitrogens with one attached hydrogen (secondary N) is 1. The van der Waals surface area contributed by atoms with Crippen LogP contribution in [-0.2, 0) is 11.0 Å². The van der Waals surface area contributed by atoms with Crippen LogP contribution in [0.4, 0.5) is 13.2 Å². The number of hydrogen-bond acceptors (Lipinski definition) is 2. The normalized spacial score (nSPS) is 19.7. The van der Waals surface area contributed by atoms with Crippen LogP contribution >= 0.6 is 0 Å². The van der Waals surface area contributed by atoms with E-state index in [2.05, 4.69) is 5.32 Å². The van der Waals surface area contributed by atoms with Crippen molar-refractivity contribution in [2.45, 2.75) is 31.5 Å². The number of likely N-dealkylation sites (tertiary alicyclic amines) is 1. The first kappa shape index (κ1) is 16.3. The molecule has 1 N–H and O–H groups in total. The van der Waals surface area contributed by atoms with Gasteiger partial charge in [0, 0.05) is 19.2 Å². The first-order chi connectivity index (χ1) is 10.3. The summed E-state index contributed by atoms with van der Waals surface area (Å²) in [5.41, 5.74) is -0.987. The maximum atomic E-state index is 12.7. The lowest BCUT2D eigenvalue weighted by Crippen LogP contribution is -2.46. The van der Waals surface area contributed by atoms with Gasteiger partial charge in [-0.2, -0.15) is 13.2 Å². The van der Waals surface area contributed by atoms with Crippen molar-refractivity contribution in [3.63, 3.8) is 0 Å². The number of hydrogen-bond donors (Lipinski definition) is 1. The molecule has 1 aromatic rings. The smallest absolute Gasteiger partial charge is 0.344 e. The van der Waals surface area contributed by atoms with E-state index in [-0.39, 0.29) is 11.5 Å². The molecule has 1 saturated heterocycles. The van der Waals surface area contributed by atoms with Crippen molar-refractivity contribution < 1.29 is 22.8 Å². The highest BCUT2D eigenvalue weighted by molar-refractivity contribution is 5.97. The van der Waals surface area contributed by atoms with Crippen LogP contribution in [-0.4, -0.2) is 36.3 Å². The predicted molar refractivity (Wildman–Crippen MR) is 74.2 cm³/mol. The van der Waals surface area contributed by atoms with E-state index in [1.54, 1.807) is 7.05 Å². The Labute approximate surface area is 126 Å². The Kier molecular flexibility index (Phi) is 4.73. The number of alkyl halides is 3. The zero-order valence-electron chi connectivity index (χ0n) is 12.1. The molecule has 4 nitrogen and oxygen atoms in total. The van der Waals surface area contributed by atoms with Gasteiger partial charge in [0.05, 0.1) is 5.56 Å². The van der Waals surface area contributed by atoms with Gasteiger partial charge in [0.2, 0.25) is 5.91 Å². The van der Waals surface area contributed by atoms with Gasteiger partial charge in [0.15, 0.2) is 0 Å². The highest BCUT2D eigenvalue weighted by Gasteiger charge is 2.31. The van der Waals surface area contributed by atoms with Crippen molar-refractivity contribution in [1.29, 1.82) is 0 Å². The van der Waals surface area contributed by atoms with Gasteiger partial charge in [0.1, 0.15) is 6.04 Å². The van der Waals surface area contributed by atoms with Crippen molar-refractivity contribution in [1.82, 2.24) is 10.2 Å². The van der Waals surface area contributed by atoms with Crippen LogP contribution in [0.25, 0.3) is 0 Å². The standard InChI is InChI=1S/C15H17F3N2O2/c1-20-8-3-2-7-12(14(20)22)19-13(21)10-5-4-6-11(9-10)15(16,17)18/h4-6,9,12H,2-3,7-8H2,1H3,(H,19,21). The molecule has 1 aliphatic rings. The second-order valence-electron chi connectivity index (χ2n) is 5.36. The average molecular weight is 314 g/mol. The molecule has 0 radical (unpaired) electrons. The third-order valence-corrected chi connectivity index (χ3v) is 3.67.